The molecule has 96 heteroatoms. The Kier molecular flexibility index (Phi) is 157. The van der Waals surface area contributed by atoms with Gasteiger partial charge in [-0.2, -0.15) is 15.0 Å². The van der Waals surface area contributed by atoms with E-state index in [2.05, 4.69) is 133 Å². The number of nitrogens with zero attached hydrogens (tertiary/aromatic N) is 10. The number of H-pyrrole nitrogens is 2. The lowest BCUT2D eigenvalue weighted by atomic mass is 8.58. The average molecular weight is 1940 g/mol. The first kappa shape index (κ1) is 185. The number of hydrogen-bond acceptors (Lipinski definition) is 25. The summed E-state index contributed by atoms with van der Waals surface area (Å²) >= 11 is 0. The highest BCUT2D eigenvalue weighted by Gasteiger charge is 2.26. The first-order chi connectivity index (χ1) is 66.1. The van der Waals surface area contributed by atoms with Gasteiger partial charge in [-0.1, -0.05) is 27.7 Å². The van der Waals surface area contributed by atoms with Crippen molar-refractivity contribution in [3.8, 4) is 0 Å². The summed E-state index contributed by atoms with van der Waals surface area (Å²) in [5.74, 6) is -3.49. The third-order valence-corrected chi connectivity index (χ3v) is 13.9. The molecule has 0 aliphatic carbocycles. The molecule has 0 aliphatic rings. The fraction of sp³-hybridized carbons (Fsp3) is 0.560. The monoisotopic (exact) mass is 1960 g/mol. The molecule has 146 heavy (non-hydrogen) atoms. The summed E-state index contributed by atoms with van der Waals surface area (Å²) in [5.41, 5.74) is 5.38. The normalized spacial score (nSPS) is 8.21. The van der Waals surface area contributed by atoms with Crippen LogP contribution in [0.15, 0.2) is 41.9 Å². The largest absolute Gasteiger partial charge is 0.475 e. The number of urea groups is 2. The number of rotatable bonds is 28. The number of imide groups is 3. The number of amides is 8. The first-order valence-corrected chi connectivity index (χ1v) is 44.8. The molecule has 3 rings (SSSR count). The highest BCUT2D eigenvalue weighted by atomic mass is 31.1. The fourth-order valence-corrected chi connectivity index (χ4v) is 7.04. The number of aromatic carboxylic acids is 1. The van der Waals surface area contributed by atoms with Crippen molar-refractivity contribution in [2.75, 3.05) is 66.1 Å². The van der Waals surface area contributed by atoms with Crippen molar-refractivity contribution in [3.63, 3.8) is 0 Å². The molecule has 8 amide bonds. The number of carbonyl (C=O) groups is 11. The maximum Gasteiger partial charge on any atom is 0.419 e. The molecule has 3 aromatic heterocycles. The molecule has 0 saturated carbocycles. The average Bonchev–Trinajstić information content (AvgIpc) is 0.812. The molecule has 0 bridgehead atoms. The van der Waals surface area contributed by atoms with Gasteiger partial charge >= 0.3 is 88.5 Å². The zero-order valence-corrected chi connectivity index (χ0v) is 87.1. The van der Waals surface area contributed by atoms with E-state index in [9.17, 15) is 81.5 Å². The minimum absolute atomic E-state index is 0. The Hall–Kier alpha value is -6.07. The third kappa shape index (κ3) is 115. The summed E-state index contributed by atoms with van der Waals surface area (Å²) in [7, 11) is 175. The Morgan fingerprint density at radius 2 is 0.747 bits per heavy atom. The number of carbonyl (C=O) groups excluding carboxylic acids is 8. The molecule has 0 spiro atoms. The maximum absolute atomic E-state index is 11.6. The predicted octanol–water partition coefficient (Wildman–Crippen LogP) is -18.0. The van der Waals surface area contributed by atoms with Gasteiger partial charge in [0.1, 0.15) is 6.42 Å². The summed E-state index contributed by atoms with van der Waals surface area (Å²) < 4.78 is 22.2. The van der Waals surface area contributed by atoms with E-state index >= 15 is 0 Å². The van der Waals surface area contributed by atoms with Crippen LogP contribution in [0.25, 0.3) is 0 Å². The molecule has 0 saturated heterocycles. The van der Waals surface area contributed by atoms with Crippen molar-refractivity contribution in [2.24, 2.45) is 11.5 Å². The van der Waals surface area contributed by atoms with Gasteiger partial charge in [-0.15, -0.1) is 21.7 Å². The summed E-state index contributed by atoms with van der Waals surface area (Å²) in [4.78, 5) is 197. The zero-order valence-electron chi connectivity index (χ0n) is 85.1. The molecular weight excluding hydrogens is 1850 g/mol. The predicted molar refractivity (Wildman–Crippen MR) is 655 cm³/mol. The van der Waals surface area contributed by atoms with Gasteiger partial charge in [-0.05, 0) is 98.0 Å². The summed E-state index contributed by atoms with van der Waals surface area (Å²) in [6.45, 7) is 34.8. The molecule has 3 aromatic rings. The first-order valence-electron chi connectivity index (χ1n) is 41.4. The van der Waals surface area contributed by atoms with E-state index in [1.54, 1.807) is 69.0 Å². The van der Waals surface area contributed by atoms with Crippen molar-refractivity contribution in [1.29, 1.82) is 0 Å². The van der Waals surface area contributed by atoms with Crippen LogP contribution in [0, 0.1) is 0 Å². The molecule has 0 fully saturated rings. The minimum atomic E-state index is -1.44. The number of esters is 2. The molecular formula is C50H93B55N15O24P2. The molecule has 3 heterocycles. The van der Waals surface area contributed by atoms with Gasteiger partial charge in [-0.25, -0.2) is 90.7 Å². The highest BCUT2D eigenvalue weighted by molar-refractivity contribution is 8.00. The smallest absolute Gasteiger partial charge is 0.419 e. The van der Waals surface area contributed by atoms with Crippen molar-refractivity contribution in [1.82, 2.24) is 63.8 Å². The molecule has 75 radical (unpaired) electrons. The Balaban J connectivity index is -0.0000000698. The van der Waals surface area contributed by atoms with Crippen LogP contribution in [0.2, 0.25) is 0 Å². The lowest BCUT2D eigenvalue weighted by Crippen LogP contribution is -2.62. The molecule has 1 atom stereocenters. The number of hydrogen-bond donors (Lipinski definition) is 8. The highest BCUT2D eigenvalue weighted by Crippen LogP contribution is 2.04. The van der Waals surface area contributed by atoms with Gasteiger partial charge in [0.2, 0.25) is 5.82 Å². The van der Waals surface area contributed by atoms with E-state index in [-0.39, 0.29) is 127 Å². The van der Waals surface area contributed by atoms with Crippen molar-refractivity contribution >= 4 is 486 Å². The van der Waals surface area contributed by atoms with Gasteiger partial charge in [0.25, 0.3) is 0 Å². The second-order valence-electron chi connectivity index (χ2n) is 24.6. The topological polar surface area (TPSA) is 575 Å². The Labute approximate surface area is 924 Å². The SMILES string of the molecule is C.C=C.CCC.CCN(C(=O)O)C(=O)O.CCN(C(N)=O)C(N)=O.CCOC(=O)CC(=O)OCC.CCOC(=O)N(CC)C(=O)OCC.CCn1c(=O)nc(C(=O)O)[nH]c1=O.CCn1c(=O)nc(C=O)[nH]c1=O.CCn1c(=O)nc(C=O)n(PC)c1=O.CPC.N.[B].[B]B([B])B(B([B])[B])B([B])[B].[B]B([B])B([B])B([B])[B].[B]B([B])B([B])[B].[B]B([B])[B].[B][B].[B][B]B(B([B])[B])B([B])[B].[B][B]B([B])B([B])[B].[B][B]B([B])[B].[B][B][B]. The number of carboxylic acid groups (broad SMARTS) is 3. The Morgan fingerprint density at radius 3 is 0.890 bits per heavy atom. The van der Waals surface area contributed by atoms with Gasteiger partial charge in [0.05, 0.1) is 26.4 Å². The van der Waals surface area contributed by atoms with Gasteiger partial charge in [-0.3, -0.25) is 33.5 Å². The minimum Gasteiger partial charge on any atom is -0.475 e. The lowest BCUT2D eigenvalue weighted by Gasteiger charge is -2.23. The van der Waals surface area contributed by atoms with E-state index < -0.39 is 184 Å². The Morgan fingerprint density at radius 1 is 0.452 bits per heavy atom. The van der Waals surface area contributed by atoms with Gasteiger partial charge in [0.15, 0.2) is 24.2 Å². The number of carboxylic acids is 1. The molecule has 0 aliphatic heterocycles. The van der Waals surface area contributed by atoms with Crippen LogP contribution < -0.4 is 51.8 Å². The van der Waals surface area contributed by atoms with Crippen molar-refractivity contribution < 1.29 is 87.0 Å². The lowest BCUT2D eigenvalue weighted by molar-refractivity contribution is -0.154. The van der Waals surface area contributed by atoms with Crippen molar-refractivity contribution in [3.05, 3.63) is 93.5 Å². The van der Waals surface area contributed by atoms with Gasteiger partial charge in [0, 0.05) is 441 Å². The molecule has 39 nitrogen and oxygen atoms in total. The standard InChI is InChI=1S/C8H15NO4.C7H10N3O3P.C7H12O4.C6H7N3O4.C6H7N3O3.C4H9N3O2.C4H7NO4.C3H8.C2H7P.C2H4.CH4.B10.B9.B8.B7.B6.B5.B4.B3.B2.B.H3N/c1-4-9(7(10)12-5-2)8(11)13-6-3;1-3-9-6(12)8-5(4-11)10(14-2)7(9)13;1-3-10-6(8)5-7(9)11-4-2;1-2-9-5(12)7-3(4(10)11)8-6(9)13;1-2-9-5(11)7-4(3-10)8-6(9)12;1-2-7(3(5)8)4(6)9;1-2-5(3(6)7)4(8)9;2*1-3-2;1-2;;1-7(2)10(8(3)4)9(5)6;1-6-9(7(2)3)8(4)5;1-6(2)8(5)7(3)4;1-5-7(4)6(2)3;1-5(2)6(3)4;1-4-5(2)3;1-4(2)3;1-3-2;1-2;;/h4-6H2,1-3H3;4,14H,3H2,1-2H3;3-5H2,1-2H3;2H2,1H3,(H,10,11)(H,7,8,12,13);3H,2H2,1H3,(H,7,8,11,12);2H2,1H3,(H2,5,8)(H2,6,9);2H2,1H3,(H,6,7)(H,8,9);3H2,1-2H3;3H,1-2H3;1-2H2;1H4;;;;;;;;;;;1H3. The molecule has 12 N–H and O–H groups in total. The van der Waals surface area contributed by atoms with E-state index in [1.807, 2.05) is 4.98 Å². The summed E-state index contributed by atoms with van der Waals surface area (Å²) in [6.07, 6.45) is -11.4. The van der Waals surface area contributed by atoms with Gasteiger partial charge < -0.3 is 51.9 Å². The number of primary amides is 2. The third-order valence-electron chi connectivity index (χ3n) is 13.0. The van der Waals surface area contributed by atoms with E-state index in [1.165, 1.54) is 38.9 Å². The van der Waals surface area contributed by atoms with Crippen LogP contribution in [-0.4, -0.2) is 608 Å². The van der Waals surface area contributed by atoms with Crippen LogP contribution in [0.5, 0.6) is 0 Å². The van der Waals surface area contributed by atoms with E-state index in [0.717, 1.165) is 39.1 Å². The second-order valence-corrected chi connectivity index (χ2v) is 26.5. The van der Waals surface area contributed by atoms with Crippen LogP contribution in [0.4, 0.5) is 28.8 Å². The fourth-order valence-electron chi connectivity index (χ4n) is 6.40. The maximum atomic E-state index is 11.6. The number of ether oxygens (including phenoxy) is 4. The number of nitrogens with two attached hydrogens (primary N) is 2. The number of aromatic amines is 2. The van der Waals surface area contributed by atoms with Crippen LogP contribution in [0.3, 0.4) is 0 Å². The van der Waals surface area contributed by atoms with Crippen LogP contribution >= 0.6 is 17.3 Å². The molecule has 1 unspecified atom stereocenters. The zero-order chi connectivity index (χ0) is 117. The molecule has 687 valence electrons. The summed E-state index contributed by atoms with van der Waals surface area (Å²) in [5, 5.41) is 24.6. The number of aromatic nitrogens is 9. The van der Waals surface area contributed by atoms with E-state index in [4.69, 9.17) is 236 Å². The Bertz CT molecular complexity index is 3890. The second kappa shape index (κ2) is 124. The van der Waals surface area contributed by atoms with E-state index in [0.29, 0.717) is 17.5 Å². The van der Waals surface area contributed by atoms with Crippen LogP contribution in [-0.2, 0) is 48.2 Å². The molecule has 0 aromatic carbocycles. The van der Waals surface area contributed by atoms with Crippen LogP contribution in [0.1, 0.15) is 135 Å². The summed E-state index contributed by atoms with van der Waals surface area (Å²) in [6, 6.07) is -1.63. The van der Waals surface area contributed by atoms with Crippen molar-refractivity contribution in [2.45, 2.75) is 123 Å². The number of nitrogens with one attached hydrogen (secondary N) is 2. The number of aldehydes is 2. The quantitative estimate of drug-likeness (QED) is 0.00636.